The van der Waals surface area contributed by atoms with E-state index < -0.39 is 15.7 Å². The molecule has 2 aromatic carbocycles. The lowest BCUT2D eigenvalue weighted by atomic mass is 10.2. The molecule has 0 bridgehead atoms. The zero-order valence-corrected chi connectivity index (χ0v) is 20.0. The number of aromatic amines is 1. The number of aliphatic hydroxyl groups excluding tert-OH is 1. The molecule has 1 heterocycles. The molecule has 0 spiro atoms. The number of benzene rings is 2. The summed E-state index contributed by atoms with van der Waals surface area (Å²) >= 11 is 6.07. The number of fused-ring (bicyclic) bond motifs is 1. The first-order chi connectivity index (χ1) is 15.1. The van der Waals surface area contributed by atoms with Crippen LogP contribution in [0.5, 0.6) is 0 Å². The normalized spacial score (nSPS) is 10.4. The van der Waals surface area contributed by atoms with Crippen LogP contribution in [-0.4, -0.2) is 44.0 Å². The van der Waals surface area contributed by atoms with Gasteiger partial charge in [0.05, 0.1) is 11.5 Å². The molecule has 0 radical (unpaired) electrons. The second-order valence-corrected chi connectivity index (χ2v) is 8.78. The number of halogens is 1. The Labute approximate surface area is 192 Å². The van der Waals surface area contributed by atoms with Gasteiger partial charge in [-0.25, -0.2) is 8.42 Å². The number of hydrogen-bond acceptors (Lipinski definition) is 5. The third-order valence-corrected chi connectivity index (χ3v) is 6.16. The summed E-state index contributed by atoms with van der Waals surface area (Å²) < 4.78 is 26.9. The minimum absolute atomic E-state index is 0.0119. The lowest BCUT2D eigenvalue weighted by Crippen LogP contribution is -2.28. The number of carbonyl (C=O) groups excluding carboxylic acids is 2. The molecule has 0 aliphatic heterocycles. The molecule has 3 rings (SSSR count). The van der Waals surface area contributed by atoms with E-state index >= 15 is 0 Å². The first kappa shape index (κ1) is 27.2. The Bertz CT molecular complexity index is 1170. The van der Waals surface area contributed by atoms with Crippen molar-refractivity contribution in [1.82, 2.24) is 10.3 Å². The van der Waals surface area contributed by atoms with Crippen LogP contribution in [0.15, 0.2) is 46.2 Å². The van der Waals surface area contributed by atoms with Crippen molar-refractivity contribution in [2.45, 2.75) is 37.5 Å². The second kappa shape index (κ2) is 12.2. The van der Waals surface area contributed by atoms with Gasteiger partial charge in [0.1, 0.15) is 10.6 Å². The maximum atomic E-state index is 13.4. The summed E-state index contributed by atoms with van der Waals surface area (Å²) in [4.78, 5) is 24.0. The van der Waals surface area contributed by atoms with E-state index in [2.05, 4.69) is 16.0 Å². The summed E-state index contributed by atoms with van der Waals surface area (Å²) in [5.41, 5.74) is 6.17. The van der Waals surface area contributed by atoms with Gasteiger partial charge in [-0.2, -0.15) is 0 Å². The number of carbonyl (C=O) groups is 2. The Balaban J connectivity index is 0.000000944. The van der Waals surface area contributed by atoms with Gasteiger partial charge in [-0.15, -0.1) is 0 Å². The third-order valence-electron chi connectivity index (χ3n) is 4.11. The number of aryl methyl sites for hydroxylation is 2. The first-order valence-electron chi connectivity index (χ1n) is 9.84. The molecule has 0 saturated heterocycles. The highest BCUT2D eigenvalue weighted by molar-refractivity contribution is 7.91. The highest BCUT2D eigenvalue weighted by Gasteiger charge is 2.30. The minimum Gasteiger partial charge on any atom is -0.395 e. The van der Waals surface area contributed by atoms with E-state index in [0.29, 0.717) is 15.9 Å². The van der Waals surface area contributed by atoms with Gasteiger partial charge in [0.2, 0.25) is 16.2 Å². The van der Waals surface area contributed by atoms with Crippen LogP contribution in [0.1, 0.15) is 35.5 Å². The van der Waals surface area contributed by atoms with E-state index in [1.54, 1.807) is 24.3 Å². The summed E-state index contributed by atoms with van der Waals surface area (Å²) in [6.07, 6.45) is 0.250. The molecule has 5 N–H and O–H groups in total. The number of H-pyrrole nitrogens is 1. The summed E-state index contributed by atoms with van der Waals surface area (Å²) in [7, 11) is -4.00. The Morgan fingerprint density at radius 3 is 2.25 bits per heavy atom. The fraction of sp³-hybridized carbons (Fsp3) is 0.273. The van der Waals surface area contributed by atoms with Gasteiger partial charge in [-0.3, -0.25) is 9.59 Å². The largest absolute Gasteiger partial charge is 0.395 e. The predicted molar refractivity (Wildman–Crippen MR) is 126 cm³/mol. The van der Waals surface area contributed by atoms with Crippen LogP contribution in [0.4, 0.5) is 0 Å². The molecule has 0 saturated carbocycles. The van der Waals surface area contributed by atoms with Crippen molar-refractivity contribution in [1.29, 1.82) is 0 Å². The number of amides is 2. The van der Waals surface area contributed by atoms with Crippen LogP contribution in [0.3, 0.4) is 0 Å². The number of nitrogens with two attached hydrogens (primary N) is 1. The number of sulfone groups is 1. The molecular formula is C22H28ClN3O5S. The molecular weight excluding hydrogens is 454 g/mol. The molecule has 3 aromatic rings. The maximum Gasteiger partial charge on any atom is 0.269 e. The third kappa shape index (κ3) is 6.32. The van der Waals surface area contributed by atoms with Gasteiger partial charge < -0.3 is 21.1 Å². The fourth-order valence-corrected chi connectivity index (χ4v) is 5.00. The smallest absolute Gasteiger partial charge is 0.269 e. The lowest BCUT2D eigenvalue weighted by Gasteiger charge is -2.09. The van der Waals surface area contributed by atoms with E-state index in [1.807, 2.05) is 33.8 Å². The second-order valence-electron chi connectivity index (χ2n) is 6.46. The number of hydrogen-bond donors (Lipinski definition) is 4. The van der Waals surface area contributed by atoms with Crippen LogP contribution in [0.25, 0.3) is 10.9 Å². The first-order valence-corrected chi connectivity index (χ1v) is 11.7. The fourth-order valence-electron chi connectivity index (χ4n) is 3.04. The van der Waals surface area contributed by atoms with Crippen molar-refractivity contribution in [2.75, 3.05) is 13.2 Å². The average molecular weight is 482 g/mol. The maximum absolute atomic E-state index is 13.4. The zero-order chi connectivity index (χ0) is 24.5. The van der Waals surface area contributed by atoms with Gasteiger partial charge in [0.25, 0.3) is 5.91 Å². The highest BCUT2D eigenvalue weighted by Crippen LogP contribution is 2.34. The van der Waals surface area contributed by atoms with Crippen molar-refractivity contribution >= 4 is 44.7 Å². The Kier molecular flexibility index (Phi) is 10.4. The van der Waals surface area contributed by atoms with Crippen LogP contribution in [-0.2, 0) is 14.6 Å². The molecule has 8 nitrogen and oxygen atoms in total. The number of aromatic nitrogens is 1. The van der Waals surface area contributed by atoms with Gasteiger partial charge in [0.15, 0.2) is 0 Å². The van der Waals surface area contributed by atoms with E-state index in [0.717, 1.165) is 11.1 Å². The zero-order valence-electron chi connectivity index (χ0n) is 18.4. The summed E-state index contributed by atoms with van der Waals surface area (Å²) in [5.74, 6) is -0.612. The van der Waals surface area contributed by atoms with E-state index in [9.17, 15) is 13.2 Å². The molecule has 32 heavy (non-hydrogen) atoms. The summed E-state index contributed by atoms with van der Waals surface area (Å²) in [5, 5.41) is 12.1. The molecule has 1 aromatic heterocycles. The molecule has 0 aliphatic carbocycles. The SMILES string of the molecule is CC.Cc1cc(C)cc(S(=O)(=O)c2c(C(=O)NCCO)[nH]c3ccc(Cl)cc23)c1.NC=O. The molecule has 0 fully saturated rings. The Morgan fingerprint density at radius 1 is 1.16 bits per heavy atom. The van der Waals surface area contributed by atoms with Gasteiger partial charge in [-0.1, -0.05) is 31.5 Å². The van der Waals surface area contributed by atoms with Gasteiger partial charge in [0, 0.05) is 22.5 Å². The van der Waals surface area contributed by atoms with E-state index in [1.165, 1.54) is 6.07 Å². The van der Waals surface area contributed by atoms with Crippen molar-refractivity contribution in [3.05, 3.63) is 58.2 Å². The van der Waals surface area contributed by atoms with Crippen molar-refractivity contribution in [2.24, 2.45) is 5.73 Å². The Hall–Kier alpha value is -2.88. The average Bonchev–Trinajstić information content (AvgIpc) is 3.13. The number of aliphatic hydroxyl groups is 1. The molecule has 2 amide bonds. The molecule has 0 aliphatic rings. The van der Waals surface area contributed by atoms with Crippen molar-refractivity contribution < 1.29 is 23.1 Å². The lowest BCUT2D eigenvalue weighted by molar-refractivity contribution is -0.106. The number of rotatable bonds is 5. The van der Waals surface area contributed by atoms with Crippen molar-refractivity contribution in [3.8, 4) is 0 Å². The van der Waals surface area contributed by atoms with Crippen LogP contribution < -0.4 is 11.1 Å². The molecule has 0 unspecified atom stereocenters. The van der Waals surface area contributed by atoms with Crippen LogP contribution in [0, 0.1) is 13.8 Å². The van der Waals surface area contributed by atoms with E-state index in [-0.39, 0.29) is 35.0 Å². The molecule has 10 heteroatoms. The monoisotopic (exact) mass is 481 g/mol. The van der Waals surface area contributed by atoms with E-state index in [4.69, 9.17) is 21.5 Å². The molecule has 0 atom stereocenters. The van der Waals surface area contributed by atoms with Crippen LogP contribution >= 0.6 is 11.6 Å². The number of nitrogens with one attached hydrogen (secondary N) is 2. The molecule has 174 valence electrons. The quantitative estimate of drug-likeness (QED) is 0.414. The standard InChI is InChI=1S/C19H19ClN2O4S.C2H6.CH3NO/c1-11-7-12(2)9-14(8-11)27(25,26)18-15-10-13(20)3-4-16(15)22-17(18)19(24)21-5-6-23;1-2;2-1-3/h3-4,7-10,22-23H,5-6H2,1-2H3,(H,21,24);1-2H3;1H,(H2,2,3). The predicted octanol–water partition coefficient (Wildman–Crippen LogP) is 3.12. The summed E-state index contributed by atoms with van der Waals surface area (Å²) in [6, 6.07) is 9.78. The topological polar surface area (TPSA) is 142 Å². The van der Waals surface area contributed by atoms with Crippen LogP contribution in [0.2, 0.25) is 5.02 Å². The van der Waals surface area contributed by atoms with Gasteiger partial charge >= 0.3 is 0 Å². The van der Waals surface area contributed by atoms with Gasteiger partial charge in [-0.05, 0) is 55.3 Å². The summed E-state index contributed by atoms with van der Waals surface area (Å²) in [6.45, 7) is 7.38. The Morgan fingerprint density at radius 2 is 1.72 bits per heavy atom. The van der Waals surface area contributed by atoms with Crippen molar-refractivity contribution in [3.63, 3.8) is 0 Å². The minimum atomic E-state index is -4.00. The highest BCUT2D eigenvalue weighted by atomic mass is 35.5. The number of primary amides is 1.